The van der Waals surface area contributed by atoms with Crippen molar-refractivity contribution in [3.63, 3.8) is 0 Å². The predicted octanol–water partition coefficient (Wildman–Crippen LogP) is 3.31. The van der Waals surface area contributed by atoms with E-state index in [0.717, 1.165) is 44.0 Å². The fourth-order valence-corrected chi connectivity index (χ4v) is 4.97. The first-order valence-electron chi connectivity index (χ1n) is 10.3. The smallest absolute Gasteiger partial charge is 0.305 e. The lowest BCUT2D eigenvalue weighted by atomic mass is 10.3. The van der Waals surface area contributed by atoms with Crippen molar-refractivity contribution in [3.8, 4) is 0 Å². The minimum absolute atomic E-state index is 0.446. The van der Waals surface area contributed by atoms with Crippen molar-refractivity contribution in [2.45, 2.75) is 103 Å². The SMILES string of the molecule is CC(=O)OC(CCC[Si]CCCC[Si]CCCC(OC(C)=O)OC(C)=O)OC(C)=O. The maximum atomic E-state index is 11.0. The van der Waals surface area contributed by atoms with E-state index in [1.165, 1.54) is 52.6 Å². The van der Waals surface area contributed by atoms with Gasteiger partial charge >= 0.3 is 23.9 Å². The van der Waals surface area contributed by atoms with Crippen LogP contribution in [0.5, 0.6) is 0 Å². The van der Waals surface area contributed by atoms with Crippen LogP contribution in [0, 0.1) is 0 Å². The van der Waals surface area contributed by atoms with Crippen molar-refractivity contribution in [2.75, 3.05) is 0 Å². The molecule has 0 aliphatic rings. The summed E-state index contributed by atoms with van der Waals surface area (Å²) >= 11 is 0. The first-order valence-corrected chi connectivity index (χ1v) is 13.1. The average molecular weight is 459 g/mol. The van der Waals surface area contributed by atoms with Crippen LogP contribution in [0.15, 0.2) is 0 Å². The molecule has 8 nitrogen and oxygen atoms in total. The van der Waals surface area contributed by atoms with E-state index < -0.39 is 36.5 Å². The standard InChI is InChI=1S/C20H34O8Si2/c1-15(21)25-19(26-16(2)22)9-7-13-29-11-5-6-12-30-14-8-10-20(27-17(3)23)28-18(4)24/h19-20H,5-14H2,1-4H3. The maximum absolute atomic E-state index is 11.0. The van der Waals surface area contributed by atoms with E-state index in [9.17, 15) is 19.2 Å². The van der Waals surface area contributed by atoms with Crippen LogP contribution in [0.2, 0.25) is 24.2 Å². The summed E-state index contributed by atoms with van der Waals surface area (Å²) < 4.78 is 19.9. The van der Waals surface area contributed by atoms with Gasteiger partial charge in [-0.2, -0.15) is 0 Å². The highest BCUT2D eigenvalue weighted by atomic mass is 28.2. The molecule has 0 bridgehead atoms. The molecule has 0 aromatic rings. The van der Waals surface area contributed by atoms with E-state index in [2.05, 4.69) is 0 Å². The van der Waals surface area contributed by atoms with Crippen LogP contribution in [0.4, 0.5) is 0 Å². The summed E-state index contributed by atoms with van der Waals surface area (Å²) in [6.45, 7) is 5.21. The number of rotatable bonds is 17. The lowest BCUT2D eigenvalue weighted by Gasteiger charge is -2.16. The van der Waals surface area contributed by atoms with Crippen molar-refractivity contribution >= 4 is 42.9 Å². The van der Waals surface area contributed by atoms with Crippen molar-refractivity contribution in [1.29, 1.82) is 0 Å². The Balaban J connectivity index is 3.62. The topological polar surface area (TPSA) is 105 Å². The molecule has 0 aliphatic heterocycles. The van der Waals surface area contributed by atoms with E-state index in [1.54, 1.807) is 0 Å². The molecule has 0 fully saturated rings. The van der Waals surface area contributed by atoms with Gasteiger partial charge in [0, 0.05) is 59.6 Å². The zero-order valence-corrected chi connectivity index (χ0v) is 20.5. The van der Waals surface area contributed by atoms with Crippen LogP contribution >= 0.6 is 0 Å². The van der Waals surface area contributed by atoms with E-state index in [1.807, 2.05) is 0 Å². The molecule has 0 atom stereocenters. The summed E-state index contributed by atoms with van der Waals surface area (Å²) in [6, 6.07) is 4.43. The molecule has 0 unspecified atom stereocenters. The Morgan fingerprint density at radius 2 is 0.800 bits per heavy atom. The molecule has 0 heterocycles. The molecule has 4 radical (unpaired) electrons. The van der Waals surface area contributed by atoms with Gasteiger partial charge in [-0.3, -0.25) is 19.2 Å². The van der Waals surface area contributed by atoms with Crippen molar-refractivity contribution < 1.29 is 38.1 Å². The minimum Gasteiger partial charge on any atom is -0.425 e. The Kier molecular flexibility index (Phi) is 17.1. The van der Waals surface area contributed by atoms with Gasteiger partial charge in [-0.1, -0.05) is 37.0 Å². The molecular formula is C20H34O8Si2. The van der Waals surface area contributed by atoms with Crippen molar-refractivity contribution in [3.05, 3.63) is 0 Å². The summed E-state index contributed by atoms with van der Waals surface area (Å²) in [5.41, 5.74) is 0. The molecule has 10 heteroatoms. The molecule has 0 spiro atoms. The Morgan fingerprint density at radius 1 is 0.533 bits per heavy atom. The highest BCUT2D eigenvalue weighted by molar-refractivity contribution is 6.36. The molecule has 0 rings (SSSR count). The minimum atomic E-state index is -0.771. The van der Waals surface area contributed by atoms with Gasteiger partial charge in [0.2, 0.25) is 12.6 Å². The zero-order chi connectivity index (χ0) is 22.8. The Morgan fingerprint density at radius 3 is 1.07 bits per heavy atom. The molecule has 0 aromatic carbocycles. The predicted molar refractivity (Wildman–Crippen MR) is 113 cm³/mol. The third-order valence-electron chi connectivity index (χ3n) is 3.73. The normalized spacial score (nSPS) is 10.7. The van der Waals surface area contributed by atoms with Gasteiger partial charge in [0.15, 0.2) is 0 Å². The van der Waals surface area contributed by atoms with E-state index in [-0.39, 0.29) is 0 Å². The second-order valence-electron chi connectivity index (χ2n) is 6.79. The largest absolute Gasteiger partial charge is 0.425 e. The summed E-state index contributed by atoms with van der Waals surface area (Å²) in [7, 11) is 1.70. The van der Waals surface area contributed by atoms with Crippen LogP contribution in [0.1, 0.15) is 66.2 Å². The Labute approximate surface area is 184 Å². The molecule has 0 saturated heterocycles. The van der Waals surface area contributed by atoms with Crippen LogP contribution in [-0.2, 0) is 38.1 Å². The zero-order valence-electron chi connectivity index (χ0n) is 18.5. The fourth-order valence-electron chi connectivity index (χ4n) is 2.56. The number of carbonyl (C=O) groups excluding carboxylic acids is 4. The number of ether oxygens (including phenoxy) is 4. The van der Waals surface area contributed by atoms with Crippen molar-refractivity contribution in [2.24, 2.45) is 0 Å². The maximum Gasteiger partial charge on any atom is 0.305 e. The van der Waals surface area contributed by atoms with Crippen LogP contribution in [0.3, 0.4) is 0 Å². The molecule has 0 aliphatic carbocycles. The molecule has 0 aromatic heterocycles. The molecular weight excluding hydrogens is 424 g/mol. The van der Waals surface area contributed by atoms with Gasteiger partial charge < -0.3 is 18.9 Å². The lowest BCUT2D eigenvalue weighted by Crippen LogP contribution is -2.22. The second-order valence-corrected chi connectivity index (χ2v) is 9.79. The highest BCUT2D eigenvalue weighted by Crippen LogP contribution is 2.12. The third kappa shape index (κ3) is 19.6. The first kappa shape index (κ1) is 28.3. The van der Waals surface area contributed by atoms with Crippen LogP contribution in [0.25, 0.3) is 0 Å². The van der Waals surface area contributed by atoms with E-state index in [4.69, 9.17) is 18.9 Å². The van der Waals surface area contributed by atoms with Gasteiger partial charge in [0.25, 0.3) is 0 Å². The van der Waals surface area contributed by atoms with Crippen molar-refractivity contribution in [1.82, 2.24) is 0 Å². The van der Waals surface area contributed by atoms with Gasteiger partial charge in [-0.25, -0.2) is 0 Å². The number of hydrogen-bond acceptors (Lipinski definition) is 8. The molecule has 30 heavy (non-hydrogen) atoms. The quantitative estimate of drug-likeness (QED) is 0.141. The summed E-state index contributed by atoms with van der Waals surface area (Å²) in [6.07, 6.45) is 3.62. The van der Waals surface area contributed by atoms with E-state index >= 15 is 0 Å². The van der Waals surface area contributed by atoms with Gasteiger partial charge in [-0.15, -0.1) is 0 Å². The number of esters is 4. The second kappa shape index (κ2) is 18.1. The summed E-state index contributed by atoms with van der Waals surface area (Å²) in [5, 5.41) is 0. The molecule has 0 N–H and O–H groups in total. The van der Waals surface area contributed by atoms with Gasteiger partial charge in [0.1, 0.15) is 0 Å². The number of hydrogen-bond donors (Lipinski definition) is 0. The number of unbranched alkanes of at least 4 members (excludes halogenated alkanes) is 1. The summed E-state index contributed by atoms with van der Waals surface area (Å²) in [5.74, 6) is -1.79. The third-order valence-corrected chi connectivity index (χ3v) is 6.56. The summed E-state index contributed by atoms with van der Waals surface area (Å²) in [4.78, 5) is 44.0. The highest BCUT2D eigenvalue weighted by Gasteiger charge is 2.15. The van der Waals surface area contributed by atoms with Crippen LogP contribution in [-0.4, -0.2) is 55.5 Å². The Bertz CT molecular complexity index is 449. The first-order chi connectivity index (χ1) is 14.2. The van der Waals surface area contributed by atoms with Gasteiger partial charge in [-0.05, 0) is 12.8 Å². The average Bonchev–Trinajstić information content (AvgIpc) is 2.60. The molecule has 0 amide bonds. The molecule has 0 saturated carbocycles. The van der Waals surface area contributed by atoms with Crippen LogP contribution < -0.4 is 0 Å². The lowest BCUT2D eigenvalue weighted by molar-refractivity contribution is -0.187. The molecule has 170 valence electrons. The van der Waals surface area contributed by atoms with Gasteiger partial charge in [0.05, 0.1) is 0 Å². The number of carbonyl (C=O) groups is 4. The fraction of sp³-hybridized carbons (Fsp3) is 0.800. The van der Waals surface area contributed by atoms with E-state index in [0.29, 0.717) is 12.8 Å². The monoisotopic (exact) mass is 458 g/mol. The Hall–Kier alpha value is -1.69.